The van der Waals surface area contributed by atoms with Gasteiger partial charge in [-0.2, -0.15) is 0 Å². The fourth-order valence-electron chi connectivity index (χ4n) is 4.75. The van der Waals surface area contributed by atoms with E-state index >= 15 is 0 Å². The van der Waals surface area contributed by atoms with E-state index in [0.717, 1.165) is 43.0 Å². The van der Waals surface area contributed by atoms with Crippen LogP contribution in [-0.4, -0.2) is 47.0 Å². The molecular weight excluding hydrogens is 386 g/mol. The molecule has 2 aromatic rings. The minimum atomic E-state index is -0.583. The van der Waals surface area contributed by atoms with Gasteiger partial charge in [-0.1, -0.05) is 12.1 Å². The lowest BCUT2D eigenvalue weighted by Gasteiger charge is -2.24. The molecule has 1 aromatic heterocycles. The van der Waals surface area contributed by atoms with Crippen LogP contribution in [0, 0.1) is 6.92 Å². The fraction of sp³-hybridized carbons (Fsp3) is 0.476. The lowest BCUT2D eigenvalue weighted by Crippen LogP contribution is -2.46. The Labute approximate surface area is 173 Å². The third-order valence-corrected chi connectivity index (χ3v) is 7.37. The zero-order valence-corrected chi connectivity index (χ0v) is 17.2. The van der Waals surface area contributed by atoms with Crippen LogP contribution in [0.5, 0.6) is 0 Å². The largest absolute Gasteiger partial charge is 0.368 e. The van der Waals surface area contributed by atoms with E-state index in [4.69, 9.17) is 5.73 Å². The summed E-state index contributed by atoms with van der Waals surface area (Å²) < 4.78 is 0. The molecule has 152 valence electrons. The van der Waals surface area contributed by atoms with Crippen molar-refractivity contribution < 1.29 is 9.59 Å². The van der Waals surface area contributed by atoms with E-state index in [2.05, 4.69) is 29.4 Å². The van der Waals surface area contributed by atoms with Crippen molar-refractivity contribution in [2.75, 3.05) is 23.3 Å². The van der Waals surface area contributed by atoms with Crippen LogP contribution in [0.15, 0.2) is 30.5 Å². The number of amides is 3. The molecule has 3 heterocycles. The number of urea groups is 1. The highest BCUT2D eigenvalue weighted by atomic mass is 32.1. The van der Waals surface area contributed by atoms with Crippen molar-refractivity contribution in [2.24, 2.45) is 5.73 Å². The molecule has 1 unspecified atom stereocenters. The Bertz CT molecular complexity index is 952. The number of aromatic nitrogens is 1. The van der Waals surface area contributed by atoms with Crippen LogP contribution in [0.4, 0.5) is 15.6 Å². The maximum absolute atomic E-state index is 12.9. The van der Waals surface area contributed by atoms with Gasteiger partial charge in [0.25, 0.3) is 0 Å². The molecule has 0 bridgehead atoms. The Hall–Kier alpha value is -2.61. The van der Waals surface area contributed by atoms with Crippen molar-refractivity contribution in [3.8, 4) is 0 Å². The van der Waals surface area contributed by atoms with Crippen LogP contribution in [0.1, 0.15) is 36.1 Å². The Morgan fingerprint density at radius 1 is 1.34 bits per heavy atom. The molecule has 1 aromatic carbocycles. The number of thiazole rings is 1. The number of nitrogens with zero attached hydrogens (tertiary/aromatic N) is 3. The molecule has 8 heteroatoms. The van der Waals surface area contributed by atoms with Gasteiger partial charge in [0.2, 0.25) is 5.91 Å². The predicted molar refractivity (Wildman–Crippen MR) is 113 cm³/mol. The van der Waals surface area contributed by atoms with E-state index in [9.17, 15) is 9.59 Å². The van der Waals surface area contributed by atoms with Crippen LogP contribution >= 0.6 is 11.3 Å². The van der Waals surface area contributed by atoms with E-state index in [1.807, 2.05) is 18.3 Å². The third-order valence-electron chi connectivity index (χ3n) is 6.50. The minimum Gasteiger partial charge on any atom is -0.368 e. The number of aryl methyl sites for hydroxylation is 1. The van der Waals surface area contributed by atoms with Gasteiger partial charge in [0, 0.05) is 35.3 Å². The summed E-state index contributed by atoms with van der Waals surface area (Å²) in [5.74, 6) is -0.432. The molecule has 3 aliphatic rings. The summed E-state index contributed by atoms with van der Waals surface area (Å²) in [5, 5.41) is 4.42. The zero-order chi connectivity index (χ0) is 20.2. The van der Waals surface area contributed by atoms with Crippen molar-refractivity contribution in [2.45, 2.75) is 50.1 Å². The van der Waals surface area contributed by atoms with Gasteiger partial charge >= 0.3 is 6.03 Å². The molecule has 2 saturated heterocycles. The van der Waals surface area contributed by atoms with E-state index < -0.39 is 11.9 Å². The number of benzene rings is 1. The number of hydrogen-bond donors (Lipinski definition) is 2. The predicted octanol–water partition coefficient (Wildman–Crippen LogP) is 2.85. The summed E-state index contributed by atoms with van der Waals surface area (Å²) in [6.45, 7) is 3.60. The smallest absolute Gasteiger partial charge is 0.325 e. The number of anilines is 2. The SMILES string of the molecule is Cc1cnc(NCC2(c3ccc(N4C(=O)N5CCC[C@@H]5C4C(N)=O)cc3)CC2)s1. The minimum absolute atomic E-state index is 0.0968. The third kappa shape index (κ3) is 3.06. The summed E-state index contributed by atoms with van der Waals surface area (Å²) in [5.41, 5.74) is 7.80. The maximum Gasteiger partial charge on any atom is 0.325 e. The van der Waals surface area contributed by atoms with Gasteiger partial charge in [0.15, 0.2) is 5.13 Å². The van der Waals surface area contributed by atoms with Gasteiger partial charge in [-0.15, -0.1) is 11.3 Å². The molecular formula is C21H25N5O2S. The lowest BCUT2D eigenvalue weighted by molar-refractivity contribution is -0.119. The molecule has 2 atom stereocenters. The number of nitrogens with one attached hydrogen (secondary N) is 1. The summed E-state index contributed by atoms with van der Waals surface area (Å²) in [4.78, 5) is 34.0. The highest BCUT2D eigenvalue weighted by Crippen LogP contribution is 2.49. The maximum atomic E-state index is 12.9. The Morgan fingerprint density at radius 2 is 2.10 bits per heavy atom. The van der Waals surface area contributed by atoms with Crippen LogP contribution < -0.4 is 16.0 Å². The number of nitrogens with two attached hydrogens (primary N) is 1. The molecule has 7 nitrogen and oxygen atoms in total. The van der Waals surface area contributed by atoms with E-state index in [1.165, 1.54) is 10.4 Å². The van der Waals surface area contributed by atoms with E-state index in [-0.39, 0.29) is 17.5 Å². The zero-order valence-electron chi connectivity index (χ0n) is 16.4. The molecule has 5 rings (SSSR count). The van der Waals surface area contributed by atoms with Crippen LogP contribution in [0.2, 0.25) is 0 Å². The normalized spacial score (nSPS) is 24.7. The standard InChI is InChI=1S/C21H25N5O2S/c1-13-11-23-19(29-13)24-12-21(8-9-21)14-4-6-15(7-5-14)26-17(18(22)27)16-3-2-10-25(16)20(26)28/h4-7,11,16-17H,2-3,8-10,12H2,1H3,(H2,22,27)(H,23,24)/t16-,17?/m1/s1. The lowest BCUT2D eigenvalue weighted by atomic mass is 9.95. The first-order valence-corrected chi connectivity index (χ1v) is 11.0. The highest BCUT2D eigenvalue weighted by Gasteiger charge is 2.51. The van der Waals surface area contributed by atoms with E-state index in [0.29, 0.717) is 6.54 Å². The average Bonchev–Trinajstić information content (AvgIpc) is 3.02. The first-order chi connectivity index (χ1) is 14.0. The molecule has 1 saturated carbocycles. The van der Waals surface area contributed by atoms with Crippen molar-refractivity contribution >= 4 is 34.1 Å². The first-order valence-electron chi connectivity index (χ1n) is 10.1. The second-order valence-corrected chi connectivity index (χ2v) is 9.59. The number of fused-ring (bicyclic) bond motifs is 1. The Morgan fingerprint density at radius 3 is 2.72 bits per heavy atom. The molecule has 0 spiro atoms. The number of primary amides is 1. The van der Waals surface area contributed by atoms with Crippen molar-refractivity contribution in [3.63, 3.8) is 0 Å². The summed E-state index contributed by atoms with van der Waals surface area (Å²) in [6, 6.07) is 7.31. The van der Waals surface area contributed by atoms with Gasteiger partial charge in [-0.25, -0.2) is 9.78 Å². The van der Waals surface area contributed by atoms with E-state index in [1.54, 1.807) is 21.1 Å². The summed E-state index contributed by atoms with van der Waals surface area (Å²) in [6.07, 6.45) is 5.91. The number of carbonyl (C=O) groups excluding carboxylic acids is 2. The molecule has 3 fully saturated rings. The number of rotatable bonds is 6. The first kappa shape index (κ1) is 18.4. The molecule has 1 aliphatic carbocycles. The van der Waals surface area contributed by atoms with Crippen LogP contribution in [-0.2, 0) is 10.2 Å². The molecule has 0 radical (unpaired) electrons. The van der Waals surface area contributed by atoms with Crippen LogP contribution in [0.3, 0.4) is 0 Å². The second kappa shape index (κ2) is 6.73. The van der Waals surface area contributed by atoms with Gasteiger partial charge < -0.3 is 16.0 Å². The van der Waals surface area contributed by atoms with Crippen LogP contribution in [0.25, 0.3) is 0 Å². The summed E-state index contributed by atoms with van der Waals surface area (Å²) >= 11 is 1.67. The topological polar surface area (TPSA) is 91.6 Å². The summed E-state index contributed by atoms with van der Waals surface area (Å²) in [7, 11) is 0. The van der Waals surface area contributed by atoms with Gasteiger partial charge in [0.1, 0.15) is 6.04 Å². The van der Waals surface area contributed by atoms with Crippen molar-refractivity contribution in [1.29, 1.82) is 0 Å². The Balaban J connectivity index is 1.35. The van der Waals surface area contributed by atoms with Crippen molar-refractivity contribution in [3.05, 3.63) is 40.9 Å². The number of hydrogen-bond acceptors (Lipinski definition) is 5. The fourth-order valence-corrected chi connectivity index (χ4v) is 5.41. The average molecular weight is 412 g/mol. The second-order valence-electron chi connectivity index (χ2n) is 8.36. The Kier molecular flexibility index (Phi) is 4.27. The molecule has 2 aliphatic heterocycles. The monoisotopic (exact) mass is 411 g/mol. The van der Waals surface area contributed by atoms with Crippen molar-refractivity contribution in [1.82, 2.24) is 9.88 Å². The molecule has 3 amide bonds. The highest BCUT2D eigenvalue weighted by molar-refractivity contribution is 7.15. The molecule has 3 N–H and O–H groups in total. The van der Waals surface area contributed by atoms with Gasteiger partial charge in [0.05, 0.1) is 6.04 Å². The van der Waals surface area contributed by atoms with Gasteiger partial charge in [-0.05, 0) is 50.3 Å². The molecule has 29 heavy (non-hydrogen) atoms. The van der Waals surface area contributed by atoms with Gasteiger partial charge in [-0.3, -0.25) is 9.69 Å². The number of carbonyl (C=O) groups is 2. The quantitative estimate of drug-likeness (QED) is 0.765.